The zero-order valence-electron chi connectivity index (χ0n) is 12.8. The van der Waals surface area contributed by atoms with Gasteiger partial charge in [0.2, 0.25) is 15.9 Å². The highest BCUT2D eigenvalue weighted by molar-refractivity contribution is 7.89. The van der Waals surface area contributed by atoms with E-state index in [0.717, 1.165) is 5.56 Å². The third kappa shape index (κ3) is 4.18. The van der Waals surface area contributed by atoms with Crippen molar-refractivity contribution < 1.29 is 13.2 Å². The van der Waals surface area contributed by atoms with E-state index in [4.69, 9.17) is 4.74 Å². The van der Waals surface area contributed by atoms with E-state index in [2.05, 4.69) is 9.71 Å². The highest BCUT2D eigenvalue weighted by atomic mass is 32.2. The van der Waals surface area contributed by atoms with Crippen LogP contribution in [0.1, 0.15) is 5.56 Å². The van der Waals surface area contributed by atoms with Crippen LogP contribution in [0.15, 0.2) is 83.9 Å². The first-order valence-corrected chi connectivity index (χ1v) is 8.84. The monoisotopic (exact) mass is 340 g/mol. The summed E-state index contributed by atoms with van der Waals surface area (Å²) in [7, 11) is -3.53. The molecule has 0 bridgehead atoms. The van der Waals surface area contributed by atoms with Gasteiger partial charge in [0.25, 0.3) is 0 Å². The number of nitrogens with zero attached hydrogens (tertiary/aromatic N) is 1. The molecule has 0 fully saturated rings. The fourth-order valence-electron chi connectivity index (χ4n) is 2.05. The van der Waals surface area contributed by atoms with Crippen LogP contribution in [0.4, 0.5) is 0 Å². The molecule has 0 aliphatic heterocycles. The lowest BCUT2D eigenvalue weighted by molar-refractivity contribution is 0.462. The molecule has 1 N–H and O–H groups in total. The van der Waals surface area contributed by atoms with Gasteiger partial charge in [-0.15, -0.1) is 0 Å². The molecule has 0 atom stereocenters. The average molecular weight is 340 g/mol. The van der Waals surface area contributed by atoms with E-state index in [1.807, 2.05) is 30.3 Å². The molecule has 24 heavy (non-hydrogen) atoms. The number of rotatable bonds is 6. The van der Waals surface area contributed by atoms with Crippen molar-refractivity contribution in [3.05, 3.63) is 84.6 Å². The van der Waals surface area contributed by atoms with Crippen LogP contribution in [0.3, 0.4) is 0 Å². The quantitative estimate of drug-likeness (QED) is 0.747. The predicted octanol–water partition coefficient (Wildman–Crippen LogP) is 3.35. The fraction of sp³-hybridized carbons (Fsp3) is 0.0556. The van der Waals surface area contributed by atoms with E-state index in [9.17, 15) is 8.42 Å². The van der Waals surface area contributed by atoms with Gasteiger partial charge in [-0.1, -0.05) is 42.5 Å². The van der Waals surface area contributed by atoms with Gasteiger partial charge in [-0.25, -0.2) is 18.1 Å². The number of aromatic nitrogens is 1. The molecule has 0 amide bonds. The number of hydrogen-bond acceptors (Lipinski definition) is 4. The third-order valence-corrected chi connectivity index (χ3v) is 4.70. The molecule has 0 unspecified atom stereocenters. The first-order chi connectivity index (χ1) is 11.6. The molecule has 122 valence electrons. The fourth-order valence-corrected chi connectivity index (χ4v) is 3.09. The van der Waals surface area contributed by atoms with Crippen LogP contribution < -0.4 is 9.46 Å². The van der Waals surface area contributed by atoms with Gasteiger partial charge in [0.15, 0.2) is 0 Å². The predicted molar refractivity (Wildman–Crippen MR) is 91.2 cm³/mol. The van der Waals surface area contributed by atoms with Gasteiger partial charge in [-0.3, -0.25) is 0 Å². The van der Waals surface area contributed by atoms with Crippen molar-refractivity contribution in [2.75, 3.05) is 0 Å². The van der Waals surface area contributed by atoms with Gasteiger partial charge >= 0.3 is 0 Å². The Hall–Kier alpha value is -2.70. The zero-order valence-corrected chi connectivity index (χ0v) is 13.6. The van der Waals surface area contributed by atoms with E-state index >= 15 is 0 Å². The highest BCUT2D eigenvalue weighted by Gasteiger charge is 2.12. The molecule has 1 aromatic heterocycles. The minimum atomic E-state index is -3.53. The lowest BCUT2D eigenvalue weighted by Crippen LogP contribution is -2.23. The maximum Gasteiger partial charge on any atom is 0.240 e. The molecular formula is C18H16N2O3S. The minimum Gasteiger partial charge on any atom is -0.439 e. The van der Waals surface area contributed by atoms with Gasteiger partial charge in [0, 0.05) is 18.8 Å². The number of benzene rings is 2. The zero-order chi connectivity index (χ0) is 16.8. The van der Waals surface area contributed by atoms with Crippen molar-refractivity contribution in [1.29, 1.82) is 0 Å². The van der Waals surface area contributed by atoms with Crippen molar-refractivity contribution >= 4 is 10.0 Å². The van der Waals surface area contributed by atoms with E-state index < -0.39 is 10.0 Å². The lowest BCUT2D eigenvalue weighted by Gasteiger charge is -2.08. The molecule has 0 aliphatic carbocycles. The molecule has 0 saturated carbocycles. The molecule has 0 aliphatic rings. The summed E-state index contributed by atoms with van der Waals surface area (Å²) in [5.41, 5.74) is 0.745. The van der Waals surface area contributed by atoms with Crippen molar-refractivity contribution in [2.24, 2.45) is 0 Å². The number of nitrogens with one attached hydrogen (secondary N) is 1. The molecule has 3 aromatic rings. The second-order valence-electron chi connectivity index (χ2n) is 5.06. The van der Waals surface area contributed by atoms with E-state index in [0.29, 0.717) is 11.6 Å². The molecule has 3 rings (SSSR count). The largest absolute Gasteiger partial charge is 0.439 e. The normalized spacial score (nSPS) is 11.2. The molecule has 0 radical (unpaired) electrons. The summed E-state index contributed by atoms with van der Waals surface area (Å²) >= 11 is 0. The molecule has 5 nitrogen and oxygen atoms in total. The Kier molecular flexibility index (Phi) is 4.88. The number of hydrogen-bond donors (Lipinski definition) is 1. The summed E-state index contributed by atoms with van der Waals surface area (Å²) in [6.45, 7) is 0.163. The van der Waals surface area contributed by atoms with Crippen LogP contribution in [0.5, 0.6) is 11.6 Å². The van der Waals surface area contributed by atoms with Gasteiger partial charge in [0.05, 0.1) is 4.90 Å². The Bertz CT molecular complexity index is 881. The topological polar surface area (TPSA) is 68.3 Å². The Morgan fingerprint density at radius 3 is 2.17 bits per heavy atom. The van der Waals surface area contributed by atoms with Gasteiger partial charge in [-0.05, 0) is 29.8 Å². The molecule has 1 heterocycles. The number of ether oxygens (including phenoxy) is 1. The number of pyridine rings is 1. The maximum absolute atomic E-state index is 12.2. The Balaban J connectivity index is 1.62. The van der Waals surface area contributed by atoms with E-state index in [1.165, 1.54) is 0 Å². The SMILES string of the molecule is O=S(=O)(NCc1ccc(Oc2ccccc2)nc1)c1ccccc1. The number of para-hydroxylation sites is 1. The minimum absolute atomic E-state index is 0.163. The van der Waals surface area contributed by atoms with Crippen molar-refractivity contribution in [2.45, 2.75) is 11.4 Å². The smallest absolute Gasteiger partial charge is 0.240 e. The van der Waals surface area contributed by atoms with Crippen LogP contribution in [0.2, 0.25) is 0 Å². The second-order valence-corrected chi connectivity index (χ2v) is 6.82. The van der Waals surface area contributed by atoms with Crippen LogP contribution in [-0.4, -0.2) is 13.4 Å². The van der Waals surface area contributed by atoms with Crippen LogP contribution in [-0.2, 0) is 16.6 Å². The molecule has 2 aromatic carbocycles. The first kappa shape index (κ1) is 16.2. The van der Waals surface area contributed by atoms with Crippen LogP contribution in [0, 0.1) is 0 Å². The lowest BCUT2D eigenvalue weighted by atomic mass is 10.3. The van der Waals surface area contributed by atoms with Crippen LogP contribution in [0.25, 0.3) is 0 Å². The first-order valence-electron chi connectivity index (χ1n) is 7.36. The highest BCUT2D eigenvalue weighted by Crippen LogP contribution is 2.18. The second kappa shape index (κ2) is 7.25. The average Bonchev–Trinajstić information content (AvgIpc) is 2.63. The Labute approximate surface area is 141 Å². The molecule has 6 heteroatoms. The van der Waals surface area contributed by atoms with Gasteiger partial charge in [0.1, 0.15) is 5.75 Å². The van der Waals surface area contributed by atoms with Crippen LogP contribution >= 0.6 is 0 Å². The molecule has 0 spiro atoms. The van der Waals surface area contributed by atoms with Crippen molar-refractivity contribution in [3.63, 3.8) is 0 Å². The van der Waals surface area contributed by atoms with Crippen molar-refractivity contribution in [3.8, 4) is 11.6 Å². The van der Waals surface area contributed by atoms with Gasteiger partial charge in [-0.2, -0.15) is 0 Å². The Morgan fingerprint density at radius 1 is 0.875 bits per heavy atom. The standard InChI is InChI=1S/C18H16N2O3S/c21-24(22,17-9-5-2-6-10-17)20-14-15-11-12-18(19-13-15)23-16-7-3-1-4-8-16/h1-13,20H,14H2. The molecule has 0 saturated heterocycles. The van der Waals surface area contributed by atoms with E-state index in [-0.39, 0.29) is 11.4 Å². The number of sulfonamides is 1. The van der Waals surface area contributed by atoms with Crippen molar-refractivity contribution in [1.82, 2.24) is 9.71 Å². The summed E-state index contributed by atoms with van der Waals surface area (Å²) in [6.07, 6.45) is 1.59. The Morgan fingerprint density at radius 2 is 1.54 bits per heavy atom. The summed E-state index contributed by atoms with van der Waals surface area (Å²) in [6, 6.07) is 21.1. The third-order valence-electron chi connectivity index (χ3n) is 3.28. The summed E-state index contributed by atoms with van der Waals surface area (Å²) in [5.74, 6) is 1.15. The summed E-state index contributed by atoms with van der Waals surface area (Å²) < 4.78 is 32.5. The summed E-state index contributed by atoms with van der Waals surface area (Å²) in [5, 5.41) is 0. The molecular weight excluding hydrogens is 324 g/mol. The maximum atomic E-state index is 12.2. The summed E-state index contributed by atoms with van der Waals surface area (Å²) in [4.78, 5) is 4.43. The van der Waals surface area contributed by atoms with Gasteiger partial charge < -0.3 is 4.74 Å². The van der Waals surface area contributed by atoms with E-state index in [1.54, 1.807) is 48.7 Å².